The summed E-state index contributed by atoms with van der Waals surface area (Å²) in [5.41, 5.74) is 12.0. The van der Waals surface area contributed by atoms with E-state index in [1.807, 2.05) is 48.5 Å². The summed E-state index contributed by atoms with van der Waals surface area (Å²) in [7, 11) is 0. The minimum atomic E-state index is 0.684. The van der Waals surface area contributed by atoms with Crippen molar-refractivity contribution in [3.63, 3.8) is 0 Å². The van der Waals surface area contributed by atoms with Gasteiger partial charge in [0.2, 0.25) is 0 Å². The van der Waals surface area contributed by atoms with Crippen LogP contribution in [0.1, 0.15) is 5.56 Å². The topological polar surface area (TPSA) is 23.8 Å². The Morgan fingerprint density at radius 1 is 0.316 bits per heavy atom. The molecule has 0 bridgehead atoms. The lowest BCUT2D eigenvalue weighted by molar-refractivity contribution is 1.47. The first kappa shape index (κ1) is 23.2. The minimum absolute atomic E-state index is 0.684. The summed E-state index contributed by atoms with van der Waals surface area (Å²) < 4.78 is 0. The van der Waals surface area contributed by atoms with Crippen molar-refractivity contribution in [3.8, 4) is 61.7 Å². The van der Waals surface area contributed by atoms with Crippen LogP contribution in [-0.2, 0) is 0 Å². The van der Waals surface area contributed by atoms with E-state index < -0.39 is 0 Å². The standard InChI is InChI=1S/C37H25N/c38-26-36-25-35(21-22-37(36)30-11-5-2-6-12-30)29-19-17-28(18-20-29)32-14-8-16-34(24-32)33-15-7-13-31(23-33)27-9-3-1-4-10-27/h1-25H. The molecule has 0 amide bonds. The molecule has 0 saturated heterocycles. The van der Waals surface area contributed by atoms with Crippen LogP contribution < -0.4 is 0 Å². The fourth-order valence-corrected chi connectivity index (χ4v) is 4.93. The third kappa shape index (κ3) is 4.76. The van der Waals surface area contributed by atoms with Gasteiger partial charge in [0.05, 0.1) is 11.6 Å². The van der Waals surface area contributed by atoms with Gasteiger partial charge in [0, 0.05) is 0 Å². The molecular formula is C37H25N. The van der Waals surface area contributed by atoms with E-state index in [0.717, 1.165) is 27.8 Å². The van der Waals surface area contributed by atoms with Crippen molar-refractivity contribution in [2.24, 2.45) is 0 Å². The highest BCUT2D eigenvalue weighted by Gasteiger charge is 2.09. The van der Waals surface area contributed by atoms with Gasteiger partial charge < -0.3 is 0 Å². The van der Waals surface area contributed by atoms with E-state index in [-0.39, 0.29) is 0 Å². The number of benzene rings is 6. The second kappa shape index (κ2) is 10.4. The van der Waals surface area contributed by atoms with Crippen LogP contribution in [0.4, 0.5) is 0 Å². The summed E-state index contributed by atoms with van der Waals surface area (Å²) in [6.07, 6.45) is 0. The molecule has 0 N–H and O–H groups in total. The second-order valence-electron chi connectivity index (χ2n) is 9.34. The fourth-order valence-electron chi connectivity index (χ4n) is 4.93. The third-order valence-electron chi connectivity index (χ3n) is 6.94. The van der Waals surface area contributed by atoms with Gasteiger partial charge >= 0.3 is 0 Å². The first-order valence-corrected chi connectivity index (χ1v) is 12.7. The molecule has 6 rings (SSSR count). The lowest BCUT2D eigenvalue weighted by atomic mass is 9.93. The van der Waals surface area contributed by atoms with Crippen LogP contribution in [0.15, 0.2) is 152 Å². The van der Waals surface area contributed by atoms with Crippen molar-refractivity contribution < 1.29 is 0 Å². The van der Waals surface area contributed by atoms with Crippen molar-refractivity contribution in [1.82, 2.24) is 0 Å². The Hall–Kier alpha value is -5.19. The molecule has 0 radical (unpaired) electrons. The highest BCUT2D eigenvalue weighted by Crippen LogP contribution is 2.32. The Labute approximate surface area is 223 Å². The summed E-state index contributed by atoms with van der Waals surface area (Å²) in [6, 6.07) is 55.0. The van der Waals surface area contributed by atoms with E-state index in [2.05, 4.69) is 109 Å². The van der Waals surface area contributed by atoms with E-state index in [1.165, 1.54) is 27.8 Å². The Morgan fingerprint density at radius 3 is 1.18 bits per heavy atom. The summed E-state index contributed by atoms with van der Waals surface area (Å²) in [4.78, 5) is 0. The van der Waals surface area contributed by atoms with E-state index in [4.69, 9.17) is 0 Å². The Morgan fingerprint density at radius 2 is 0.684 bits per heavy atom. The van der Waals surface area contributed by atoms with Gasteiger partial charge in [-0.1, -0.05) is 133 Å². The molecule has 178 valence electrons. The van der Waals surface area contributed by atoms with Crippen molar-refractivity contribution in [2.75, 3.05) is 0 Å². The normalized spacial score (nSPS) is 10.6. The van der Waals surface area contributed by atoms with E-state index in [0.29, 0.717) is 5.56 Å². The molecular weight excluding hydrogens is 458 g/mol. The van der Waals surface area contributed by atoms with Gasteiger partial charge in [0.15, 0.2) is 0 Å². The van der Waals surface area contributed by atoms with Crippen molar-refractivity contribution in [3.05, 3.63) is 157 Å². The van der Waals surface area contributed by atoms with Gasteiger partial charge in [-0.05, 0) is 73.8 Å². The van der Waals surface area contributed by atoms with E-state index in [1.54, 1.807) is 0 Å². The van der Waals surface area contributed by atoms with Gasteiger partial charge in [0.1, 0.15) is 0 Å². The minimum Gasteiger partial charge on any atom is -0.192 e. The number of nitrogens with zero attached hydrogens (tertiary/aromatic N) is 1. The molecule has 0 aliphatic rings. The highest BCUT2D eigenvalue weighted by atomic mass is 14.2. The van der Waals surface area contributed by atoms with E-state index in [9.17, 15) is 5.26 Å². The number of hydrogen-bond acceptors (Lipinski definition) is 1. The molecule has 0 aromatic heterocycles. The SMILES string of the molecule is N#Cc1cc(-c2ccc(-c3cccc(-c4cccc(-c5ccccc5)c4)c3)cc2)ccc1-c1ccccc1. The van der Waals surface area contributed by atoms with Crippen LogP contribution in [0, 0.1) is 11.3 Å². The van der Waals surface area contributed by atoms with Gasteiger partial charge in [0.25, 0.3) is 0 Å². The maximum atomic E-state index is 9.80. The van der Waals surface area contributed by atoms with Crippen LogP contribution in [0.3, 0.4) is 0 Å². The zero-order valence-corrected chi connectivity index (χ0v) is 20.9. The maximum absolute atomic E-state index is 9.80. The Kier molecular flexibility index (Phi) is 6.37. The number of hydrogen-bond donors (Lipinski definition) is 0. The molecule has 0 aliphatic heterocycles. The largest absolute Gasteiger partial charge is 0.192 e. The van der Waals surface area contributed by atoms with Crippen LogP contribution >= 0.6 is 0 Å². The van der Waals surface area contributed by atoms with Gasteiger partial charge in [-0.3, -0.25) is 0 Å². The lowest BCUT2D eigenvalue weighted by Gasteiger charge is -2.10. The third-order valence-corrected chi connectivity index (χ3v) is 6.94. The molecule has 1 heteroatoms. The average molecular weight is 484 g/mol. The zero-order chi connectivity index (χ0) is 25.7. The maximum Gasteiger partial charge on any atom is 0.0998 e. The van der Waals surface area contributed by atoms with Crippen molar-refractivity contribution >= 4 is 0 Å². The molecule has 0 saturated carbocycles. The molecule has 1 nitrogen and oxygen atoms in total. The lowest BCUT2D eigenvalue weighted by Crippen LogP contribution is -1.87. The fraction of sp³-hybridized carbons (Fsp3) is 0. The van der Waals surface area contributed by atoms with Crippen molar-refractivity contribution in [1.29, 1.82) is 5.26 Å². The van der Waals surface area contributed by atoms with Gasteiger partial charge in [-0.15, -0.1) is 0 Å². The molecule has 38 heavy (non-hydrogen) atoms. The predicted molar refractivity (Wildman–Crippen MR) is 158 cm³/mol. The number of nitriles is 1. The molecule has 0 atom stereocenters. The quantitative estimate of drug-likeness (QED) is 0.239. The Balaban J connectivity index is 1.28. The average Bonchev–Trinajstić information content (AvgIpc) is 3.02. The molecule has 0 aliphatic carbocycles. The molecule has 0 heterocycles. The molecule has 0 unspecified atom stereocenters. The van der Waals surface area contributed by atoms with Crippen LogP contribution in [0.5, 0.6) is 0 Å². The van der Waals surface area contributed by atoms with Crippen LogP contribution in [0.2, 0.25) is 0 Å². The van der Waals surface area contributed by atoms with Crippen LogP contribution in [-0.4, -0.2) is 0 Å². The molecule has 6 aromatic carbocycles. The van der Waals surface area contributed by atoms with Gasteiger partial charge in [-0.2, -0.15) is 5.26 Å². The van der Waals surface area contributed by atoms with Crippen LogP contribution in [0.25, 0.3) is 55.6 Å². The van der Waals surface area contributed by atoms with Crippen molar-refractivity contribution in [2.45, 2.75) is 0 Å². The summed E-state index contributed by atoms with van der Waals surface area (Å²) in [5, 5.41) is 9.80. The van der Waals surface area contributed by atoms with E-state index >= 15 is 0 Å². The Bertz CT molecular complexity index is 1740. The number of rotatable bonds is 5. The first-order chi connectivity index (χ1) is 18.8. The summed E-state index contributed by atoms with van der Waals surface area (Å²) in [6.45, 7) is 0. The molecule has 0 fully saturated rings. The van der Waals surface area contributed by atoms with Gasteiger partial charge in [-0.25, -0.2) is 0 Å². The second-order valence-corrected chi connectivity index (χ2v) is 9.34. The smallest absolute Gasteiger partial charge is 0.0998 e. The zero-order valence-electron chi connectivity index (χ0n) is 20.9. The summed E-state index contributed by atoms with van der Waals surface area (Å²) in [5.74, 6) is 0. The molecule has 0 spiro atoms. The summed E-state index contributed by atoms with van der Waals surface area (Å²) >= 11 is 0. The monoisotopic (exact) mass is 483 g/mol. The first-order valence-electron chi connectivity index (χ1n) is 12.7. The molecule has 6 aromatic rings. The predicted octanol–water partition coefficient (Wildman–Crippen LogP) is 9.89. The highest BCUT2D eigenvalue weighted by molar-refractivity contribution is 5.79.